The SMILES string of the molecule is CN(Cc1nc(C(F)(F)F)cs1)C(=O)C(N)c1ccccc1.Cl. The number of hydrogen-bond donors (Lipinski definition) is 1. The van der Waals surface area contributed by atoms with Gasteiger partial charge in [-0.1, -0.05) is 30.3 Å². The Hall–Kier alpha value is -1.64. The normalized spacial score (nSPS) is 12.4. The number of nitrogens with zero attached hydrogens (tertiary/aromatic N) is 2. The number of alkyl halides is 3. The van der Waals surface area contributed by atoms with Gasteiger partial charge in [0.1, 0.15) is 11.0 Å². The van der Waals surface area contributed by atoms with Crippen molar-refractivity contribution in [1.29, 1.82) is 0 Å². The average Bonchev–Trinajstić information content (AvgIpc) is 2.95. The number of thiazole rings is 1. The van der Waals surface area contributed by atoms with Crippen molar-refractivity contribution in [1.82, 2.24) is 9.88 Å². The molecule has 4 nitrogen and oxygen atoms in total. The molecule has 9 heteroatoms. The Morgan fingerprint density at radius 1 is 1.35 bits per heavy atom. The lowest BCUT2D eigenvalue weighted by atomic mass is 10.1. The van der Waals surface area contributed by atoms with Gasteiger partial charge < -0.3 is 10.6 Å². The molecule has 1 aromatic heterocycles. The van der Waals surface area contributed by atoms with Crippen LogP contribution in [0.3, 0.4) is 0 Å². The zero-order chi connectivity index (χ0) is 16.3. The summed E-state index contributed by atoms with van der Waals surface area (Å²) in [7, 11) is 1.49. The van der Waals surface area contributed by atoms with E-state index in [1.165, 1.54) is 11.9 Å². The maximum Gasteiger partial charge on any atom is 0.434 e. The minimum Gasteiger partial charge on any atom is -0.337 e. The van der Waals surface area contributed by atoms with Crippen molar-refractivity contribution < 1.29 is 18.0 Å². The minimum atomic E-state index is -4.47. The lowest BCUT2D eigenvalue weighted by molar-refractivity contribution is -0.140. The first-order valence-electron chi connectivity index (χ1n) is 6.36. The van der Waals surface area contributed by atoms with Gasteiger partial charge in [-0.2, -0.15) is 13.2 Å². The molecule has 0 aliphatic rings. The van der Waals surface area contributed by atoms with E-state index in [2.05, 4.69) is 4.98 Å². The van der Waals surface area contributed by atoms with Gasteiger partial charge in [-0.15, -0.1) is 23.7 Å². The molecule has 1 heterocycles. The molecule has 1 amide bonds. The number of aromatic nitrogens is 1. The smallest absolute Gasteiger partial charge is 0.337 e. The van der Waals surface area contributed by atoms with E-state index in [4.69, 9.17) is 5.73 Å². The van der Waals surface area contributed by atoms with Crippen molar-refractivity contribution in [2.75, 3.05) is 7.05 Å². The second kappa shape index (κ2) is 7.76. The predicted octanol–water partition coefficient (Wildman–Crippen LogP) is 3.24. The number of benzene rings is 1. The van der Waals surface area contributed by atoms with E-state index in [0.29, 0.717) is 5.56 Å². The third-order valence-corrected chi connectivity index (χ3v) is 3.85. The number of hydrogen-bond acceptors (Lipinski definition) is 4. The number of amides is 1. The highest BCUT2D eigenvalue weighted by atomic mass is 35.5. The summed E-state index contributed by atoms with van der Waals surface area (Å²) in [4.78, 5) is 17.0. The van der Waals surface area contributed by atoms with Crippen LogP contribution in [0.4, 0.5) is 13.2 Å². The Morgan fingerprint density at radius 3 is 2.48 bits per heavy atom. The molecule has 1 aromatic carbocycles. The molecule has 2 rings (SSSR count). The lowest BCUT2D eigenvalue weighted by Crippen LogP contribution is -2.35. The number of carbonyl (C=O) groups is 1. The summed E-state index contributed by atoms with van der Waals surface area (Å²) < 4.78 is 37.5. The van der Waals surface area contributed by atoms with Gasteiger partial charge in [0.05, 0.1) is 6.54 Å². The van der Waals surface area contributed by atoms with E-state index < -0.39 is 17.9 Å². The third-order valence-electron chi connectivity index (χ3n) is 3.02. The van der Waals surface area contributed by atoms with Crippen molar-refractivity contribution >= 4 is 29.7 Å². The van der Waals surface area contributed by atoms with Gasteiger partial charge in [0, 0.05) is 12.4 Å². The van der Waals surface area contributed by atoms with E-state index in [1.807, 2.05) is 0 Å². The second-order valence-corrected chi connectivity index (χ2v) is 5.65. The summed E-state index contributed by atoms with van der Waals surface area (Å²) in [6, 6.07) is 7.92. The van der Waals surface area contributed by atoms with E-state index in [1.54, 1.807) is 30.3 Å². The standard InChI is InChI=1S/C14H14F3N3OS.ClH/c1-20(7-11-19-10(8-22-11)14(15,16)17)13(21)12(18)9-5-3-2-4-6-9;/h2-6,8,12H,7,18H2,1H3;1H. The van der Waals surface area contributed by atoms with Crippen LogP contribution < -0.4 is 5.73 Å². The maximum atomic E-state index is 12.5. The fraction of sp³-hybridized carbons (Fsp3) is 0.286. The molecule has 1 atom stereocenters. The lowest BCUT2D eigenvalue weighted by Gasteiger charge is -2.20. The summed E-state index contributed by atoms with van der Waals surface area (Å²) in [5.41, 5.74) is 5.58. The van der Waals surface area contributed by atoms with Crippen LogP contribution in [0.15, 0.2) is 35.7 Å². The van der Waals surface area contributed by atoms with Crippen molar-refractivity contribution in [3.05, 3.63) is 52.0 Å². The van der Waals surface area contributed by atoms with Crippen molar-refractivity contribution in [3.8, 4) is 0 Å². The number of rotatable bonds is 4. The largest absolute Gasteiger partial charge is 0.434 e. The third kappa shape index (κ3) is 4.92. The zero-order valence-electron chi connectivity index (χ0n) is 12.1. The van der Waals surface area contributed by atoms with E-state index >= 15 is 0 Å². The van der Waals surface area contributed by atoms with Crippen LogP contribution in [0.2, 0.25) is 0 Å². The number of likely N-dealkylation sites (N-methyl/N-ethyl adjacent to an activating group) is 1. The molecule has 0 saturated carbocycles. The van der Waals surface area contributed by atoms with Crippen LogP contribution in [0.1, 0.15) is 22.3 Å². The Morgan fingerprint density at radius 2 is 1.96 bits per heavy atom. The van der Waals surface area contributed by atoms with Crippen LogP contribution in [-0.4, -0.2) is 22.8 Å². The van der Waals surface area contributed by atoms with Crippen LogP contribution >= 0.6 is 23.7 Å². The molecule has 126 valence electrons. The van der Waals surface area contributed by atoms with Gasteiger partial charge in [0.25, 0.3) is 0 Å². The van der Waals surface area contributed by atoms with Gasteiger partial charge in [-0.05, 0) is 5.56 Å². The highest BCUT2D eigenvalue weighted by Crippen LogP contribution is 2.30. The maximum absolute atomic E-state index is 12.5. The summed E-state index contributed by atoms with van der Waals surface area (Å²) in [6.07, 6.45) is -4.47. The van der Waals surface area contributed by atoms with E-state index in [-0.39, 0.29) is 29.9 Å². The molecule has 0 aliphatic heterocycles. The molecular weight excluding hydrogens is 351 g/mol. The molecule has 0 bridgehead atoms. The first kappa shape index (κ1) is 19.4. The Bertz CT molecular complexity index is 648. The molecule has 1 unspecified atom stereocenters. The van der Waals surface area contributed by atoms with Gasteiger partial charge in [0.2, 0.25) is 5.91 Å². The number of carbonyl (C=O) groups excluding carboxylic acids is 1. The quantitative estimate of drug-likeness (QED) is 0.904. The molecule has 0 fully saturated rings. The van der Waals surface area contributed by atoms with Gasteiger partial charge >= 0.3 is 6.18 Å². The fourth-order valence-corrected chi connectivity index (χ4v) is 2.69. The zero-order valence-corrected chi connectivity index (χ0v) is 13.7. The Kier molecular flexibility index (Phi) is 6.55. The summed E-state index contributed by atoms with van der Waals surface area (Å²) in [5, 5.41) is 1.15. The average molecular weight is 366 g/mol. The van der Waals surface area contributed by atoms with Crippen molar-refractivity contribution in [3.63, 3.8) is 0 Å². The molecule has 0 radical (unpaired) electrons. The van der Waals surface area contributed by atoms with Crippen LogP contribution in [0, 0.1) is 0 Å². The molecule has 2 N–H and O–H groups in total. The highest BCUT2D eigenvalue weighted by Gasteiger charge is 2.34. The highest BCUT2D eigenvalue weighted by molar-refractivity contribution is 7.09. The topological polar surface area (TPSA) is 59.2 Å². The molecule has 0 spiro atoms. The van der Waals surface area contributed by atoms with Crippen LogP contribution in [-0.2, 0) is 17.5 Å². The summed E-state index contributed by atoms with van der Waals surface area (Å²) in [5.74, 6) is -0.380. The van der Waals surface area contributed by atoms with Crippen molar-refractivity contribution in [2.24, 2.45) is 5.73 Å². The fourth-order valence-electron chi connectivity index (χ4n) is 1.83. The van der Waals surface area contributed by atoms with Crippen molar-refractivity contribution in [2.45, 2.75) is 18.8 Å². The predicted molar refractivity (Wildman–Crippen MR) is 84.2 cm³/mol. The van der Waals surface area contributed by atoms with Gasteiger partial charge in [0.15, 0.2) is 5.69 Å². The number of halogens is 4. The Balaban J connectivity index is 0.00000264. The van der Waals surface area contributed by atoms with E-state index in [0.717, 1.165) is 16.7 Å². The molecule has 0 saturated heterocycles. The molecule has 0 aliphatic carbocycles. The Labute approximate surface area is 141 Å². The minimum absolute atomic E-state index is 0. The second-order valence-electron chi connectivity index (χ2n) is 4.71. The number of nitrogens with two attached hydrogens (primary N) is 1. The molecule has 23 heavy (non-hydrogen) atoms. The summed E-state index contributed by atoms with van der Waals surface area (Å²) in [6.45, 7) is -0.0138. The van der Waals surface area contributed by atoms with Gasteiger partial charge in [-0.25, -0.2) is 4.98 Å². The first-order valence-corrected chi connectivity index (χ1v) is 7.24. The van der Waals surface area contributed by atoms with Gasteiger partial charge in [-0.3, -0.25) is 4.79 Å². The summed E-state index contributed by atoms with van der Waals surface area (Å²) >= 11 is 0.864. The monoisotopic (exact) mass is 365 g/mol. The van der Waals surface area contributed by atoms with E-state index in [9.17, 15) is 18.0 Å². The molecular formula is C14H15ClF3N3OS. The van der Waals surface area contributed by atoms with Crippen LogP contribution in [0.25, 0.3) is 0 Å². The van der Waals surface area contributed by atoms with Crippen LogP contribution in [0.5, 0.6) is 0 Å². The first-order chi connectivity index (χ1) is 10.3. The molecule has 2 aromatic rings.